The van der Waals surface area contributed by atoms with Gasteiger partial charge in [-0.2, -0.15) is 17.5 Å². The average molecular weight is 374 g/mol. The number of alkyl halides is 3. The Morgan fingerprint density at radius 3 is 2.48 bits per heavy atom. The number of ether oxygens (including phenoxy) is 1. The van der Waals surface area contributed by atoms with Crippen molar-refractivity contribution in [2.75, 3.05) is 20.2 Å². The second kappa shape index (κ2) is 5.80. The summed E-state index contributed by atoms with van der Waals surface area (Å²) in [5.74, 6) is 0.260. The summed E-state index contributed by atoms with van der Waals surface area (Å²) in [4.78, 5) is -0.213. The largest absolute Gasteiger partial charge is 0.495 e. The lowest BCUT2D eigenvalue weighted by Crippen LogP contribution is -2.48. The molecule has 1 aromatic rings. The molecule has 1 atom stereocenters. The van der Waals surface area contributed by atoms with E-state index in [4.69, 9.17) is 16.3 Å². The van der Waals surface area contributed by atoms with E-state index in [-0.39, 0.29) is 21.2 Å². The van der Waals surface area contributed by atoms with Crippen LogP contribution in [0.2, 0.25) is 5.02 Å². The van der Waals surface area contributed by atoms with E-state index in [2.05, 4.69) is 0 Å². The first-order valence-corrected chi connectivity index (χ1v) is 8.37. The number of benzene rings is 1. The third-order valence-electron chi connectivity index (χ3n) is 3.81. The van der Waals surface area contributed by atoms with E-state index in [0.29, 0.717) is 4.31 Å². The van der Waals surface area contributed by atoms with Gasteiger partial charge in [0.2, 0.25) is 10.0 Å². The summed E-state index contributed by atoms with van der Waals surface area (Å²) in [6.45, 7) is 0.0150. The van der Waals surface area contributed by atoms with Gasteiger partial charge in [0.25, 0.3) is 0 Å². The molecule has 1 fully saturated rings. The van der Waals surface area contributed by atoms with Gasteiger partial charge in [-0.25, -0.2) is 8.42 Å². The van der Waals surface area contributed by atoms with Gasteiger partial charge in [-0.1, -0.05) is 11.6 Å². The summed E-state index contributed by atoms with van der Waals surface area (Å²) in [6.07, 6.45) is -5.61. The lowest BCUT2D eigenvalue weighted by molar-refractivity contribution is -0.252. The van der Waals surface area contributed by atoms with Crippen molar-refractivity contribution < 1.29 is 31.4 Å². The Kier molecular flexibility index (Phi) is 4.62. The van der Waals surface area contributed by atoms with Crippen LogP contribution in [0.4, 0.5) is 13.2 Å². The summed E-state index contributed by atoms with van der Waals surface area (Å²) in [6, 6.07) is 2.53. The molecule has 0 bridgehead atoms. The van der Waals surface area contributed by atoms with Crippen LogP contribution in [0.1, 0.15) is 12.0 Å². The maximum atomic E-state index is 12.8. The molecule has 1 N–H and O–H groups in total. The predicted molar refractivity (Wildman–Crippen MR) is 77.1 cm³/mol. The zero-order valence-electron chi connectivity index (χ0n) is 12.3. The lowest BCUT2D eigenvalue weighted by Gasteiger charge is -2.26. The molecule has 1 aromatic carbocycles. The monoisotopic (exact) mass is 373 g/mol. The second-order valence-corrected chi connectivity index (χ2v) is 7.68. The standard InChI is InChI=1S/C13H15ClF3NO4S/c1-8-5-10(22-2)9(14)6-11(8)23(20,21)18-4-3-12(19,7-18)13(15,16)17/h5-6,19H,3-4,7H2,1-2H3. The van der Waals surface area contributed by atoms with Gasteiger partial charge in [0.05, 0.1) is 23.6 Å². The van der Waals surface area contributed by atoms with Crippen LogP contribution >= 0.6 is 11.6 Å². The summed E-state index contributed by atoms with van der Waals surface area (Å²) < 4.78 is 69.2. The van der Waals surface area contributed by atoms with Crippen molar-refractivity contribution in [3.8, 4) is 5.75 Å². The van der Waals surface area contributed by atoms with Crippen LogP contribution in [0.15, 0.2) is 17.0 Å². The minimum absolute atomic E-state index is 0.0296. The molecule has 10 heteroatoms. The molecular formula is C13H15ClF3NO4S. The van der Waals surface area contributed by atoms with Gasteiger partial charge < -0.3 is 9.84 Å². The summed E-state index contributed by atoms with van der Waals surface area (Å²) in [5.41, 5.74) is -2.75. The van der Waals surface area contributed by atoms with Gasteiger partial charge in [0, 0.05) is 13.0 Å². The number of halogens is 4. The average Bonchev–Trinajstić information content (AvgIpc) is 2.85. The molecule has 23 heavy (non-hydrogen) atoms. The van der Waals surface area contributed by atoms with Crippen LogP contribution < -0.4 is 4.74 Å². The van der Waals surface area contributed by atoms with Gasteiger partial charge in [-0.15, -0.1) is 0 Å². The molecule has 130 valence electrons. The first kappa shape index (κ1) is 18.3. The first-order chi connectivity index (χ1) is 10.4. The van der Waals surface area contributed by atoms with Crippen LogP contribution in [-0.2, 0) is 10.0 Å². The van der Waals surface area contributed by atoms with Crippen molar-refractivity contribution in [1.82, 2.24) is 4.31 Å². The number of rotatable bonds is 3. The molecule has 0 aliphatic carbocycles. The normalized spacial score (nSPS) is 23.3. The number of hydrogen-bond acceptors (Lipinski definition) is 4. The maximum Gasteiger partial charge on any atom is 0.418 e. The van der Waals surface area contributed by atoms with Crippen LogP contribution in [-0.4, -0.2) is 49.8 Å². The van der Waals surface area contributed by atoms with Crippen LogP contribution in [0.3, 0.4) is 0 Å². The third-order valence-corrected chi connectivity index (χ3v) is 6.09. The van der Waals surface area contributed by atoms with E-state index in [1.165, 1.54) is 20.1 Å². The first-order valence-electron chi connectivity index (χ1n) is 6.56. The van der Waals surface area contributed by atoms with Crippen LogP contribution in [0, 0.1) is 6.92 Å². The molecule has 0 radical (unpaired) electrons. The fraction of sp³-hybridized carbons (Fsp3) is 0.538. The predicted octanol–water partition coefficient (Wildman–Crippen LogP) is 2.34. The van der Waals surface area contributed by atoms with Gasteiger partial charge in [0.15, 0.2) is 5.60 Å². The van der Waals surface area contributed by atoms with Gasteiger partial charge in [0.1, 0.15) is 5.75 Å². The van der Waals surface area contributed by atoms with Gasteiger partial charge >= 0.3 is 6.18 Å². The molecule has 0 aromatic heterocycles. The molecule has 5 nitrogen and oxygen atoms in total. The Labute approximate surface area is 136 Å². The van der Waals surface area contributed by atoms with Gasteiger partial charge in [-0.3, -0.25) is 0 Å². The van der Waals surface area contributed by atoms with Gasteiger partial charge in [-0.05, 0) is 24.6 Å². The summed E-state index contributed by atoms with van der Waals surface area (Å²) in [7, 11) is -2.85. The highest BCUT2D eigenvalue weighted by atomic mass is 35.5. The smallest absolute Gasteiger partial charge is 0.418 e. The summed E-state index contributed by atoms with van der Waals surface area (Å²) in [5, 5.41) is 9.67. The molecule has 1 heterocycles. The number of aliphatic hydroxyl groups is 1. The van der Waals surface area contributed by atoms with Crippen molar-refractivity contribution in [2.24, 2.45) is 0 Å². The number of nitrogens with zero attached hydrogens (tertiary/aromatic N) is 1. The van der Waals surface area contributed by atoms with Crippen molar-refractivity contribution >= 4 is 21.6 Å². The van der Waals surface area contributed by atoms with Crippen molar-refractivity contribution in [2.45, 2.75) is 30.0 Å². The Morgan fingerprint density at radius 1 is 1.39 bits per heavy atom. The minimum Gasteiger partial charge on any atom is -0.495 e. The van der Waals surface area contributed by atoms with Crippen LogP contribution in [0.5, 0.6) is 5.75 Å². The van der Waals surface area contributed by atoms with E-state index in [9.17, 15) is 26.7 Å². The number of sulfonamides is 1. The Morgan fingerprint density at radius 2 is 2.00 bits per heavy atom. The summed E-state index contributed by atoms with van der Waals surface area (Å²) >= 11 is 5.91. The Bertz CT molecular complexity index is 723. The highest BCUT2D eigenvalue weighted by molar-refractivity contribution is 7.89. The fourth-order valence-corrected chi connectivity index (χ4v) is 4.44. The zero-order valence-corrected chi connectivity index (χ0v) is 13.9. The van der Waals surface area contributed by atoms with E-state index < -0.39 is 41.3 Å². The van der Waals surface area contributed by atoms with Crippen molar-refractivity contribution in [3.05, 3.63) is 22.7 Å². The van der Waals surface area contributed by atoms with E-state index >= 15 is 0 Å². The topological polar surface area (TPSA) is 66.8 Å². The molecule has 1 aliphatic heterocycles. The molecule has 2 rings (SSSR count). The van der Waals surface area contributed by atoms with E-state index in [0.717, 1.165) is 6.07 Å². The number of aryl methyl sites for hydroxylation is 1. The molecule has 1 saturated heterocycles. The molecule has 0 saturated carbocycles. The maximum absolute atomic E-state index is 12.8. The second-order valence-electron chi connectivity index (χ2n) is 5.37. The highest BCUT2D eigenvalue weighted by Crippen LogP contribution is 2.40. The molecule has 1 aliphatic rings. The van der Waals surface area contributed by atoms with E-state index in [1.807, 2.05) is 0 Å². The van der Waals surface area contributed by atoms with E-state index in [1.54, 1.807) is 0 Å². The van der Waals surface area contributed by atoms with Crippen molar-refractivity contribution in [3.63, 3.8) is 0 Å². The number of methoxy groups -OCH3 is 1. The highest BCUT2D eigenvalue weighted by Gasteiger charge is 2.58. The fourth-order valence-electron chi connectivity index (χ4n) is 2.41. The molecule has 0 amide bonds. The number of β-amino-alcohol motifs (C(OH)–C–C–N with tert-alkyl or cyclic N) is 1. The zero-order chi connectivity index (χ0) is 17.6. The molecule has 0 spiro atoms. The third kappa shape index (κ3) is 3.15. The van der Waals surface area contributed by atoms with Crippen molar-refractivity contribution in [1.29, 1.82) is 0 Å². The number of hydrogen-bond donors (Lipinski definition) is 1. The molecule has 1 unspecified atom stereocenters. The van der Waals surface area contributed by atoms with Crippen LogP contribution in [0.25, 0.3) is 0 Å². The SMILES string of the molecule is COc1cc(C)c(S(=O)(=O)N2CCC(O)(C(F)(F)F)C2)cc1Cl. The Balaban J connectivity index is 2.40. The quantitative estimate of drug-likeness (QED) is 0.883. The lowest BCUT2D eigenvalue weighted by atomic mass is 10.0. The minimum atomic E-state index is -4.90. The molecular weight excluding hydrogens is 359 g/mol. The Hall–Kier alpha value is -1.03.